The van der Waals surface area contributed by atoms with Crippen LogP contribution in [0.25, 0.3) is 0 Å². The van der Waals surface area contributed by atoms with Gasteiger partial charge in [-0.3, -0.25) is 4.79 Å². The number of alkyl halides is 3. The van der Waals surface area contributed by atoms with Crippen LogP contribution in [-0.2, 0) is 11.3 Å². The summed E-state index contributed by atoms with van der Waals surface area (Å²) in [6.45, 7) is -0.106. The van der Waals surface area contributed by atoms with Gasteiger partial charge in [0.2, 0.25) is 0 Å². The predicted molar refractivity (Wildman–Crippen MR) is 85.0 cm³/mol. The third-order valence-corrected chi connectivity index (χ3v) is 3.32. The van der Waals surface area contributed by atoms with Crippen LogP contribution in [0.1, 0.15) is 22.3 Å². The second-order valence-electron chi connectivity index (χ2n) is 5.31. The van der Waals surface area contributed by atoms with Gasteiger partial charge in [-0.15, -0.1) is 0 Å². The Hall–Kier alpha value is -2.83. The molecule has 0 bridgehead atoms. The van der Waals surface area contributed by atoms with Gasteiger partial charge in [-0.25, -0.2) is 4.79 Å². The molecule has 2 aromatic rings. The molecule has 1 unspecified atom stereocenters. The summed E-state index contributed by atoms with van der Waals surface area (Å²) in [5.41, 5.74) is 0.763. The van der Waals surface area contributed by atoms with Crippen LogP contribution in [0.4, 0.5) is 18.0 Å². The minimum Gasteiger partial charge on any atom is -0.445 e. The molecular weight excluding hydrogens is 335 g/mol. The summed E-state index contributed by atoms with van der Waals surface area (Å²) < 4.78 is 43.1. The van der Waals surface area contributed by atoms with Crippen molar-refractivity contribution in [3.05, 3.63) is 71.8 Å². The van der Waals surface area contributed by atoms with Crippen LogP contribution >= 0.6 is 0 Å². The maximum absolute atomic E-state index is 12.7. The second-order valence-corrected chi connectivity index (χ2v) is 5.31. The first-order chi connectivity index (χ1) is 11.8. The Morgan fingerprint density at radius 2 is 1.52 bits per heavy atom. The average molecular weight is 351 g/mol. The molecule has 2 rings (SSSR count). The van der Waals surface area contributed by atoms with E-state index >= 15 is 0 Å². The Labute approximate surface area is 142 Å². The van der Waals surface area contributed by atoms with Crippen LogP contribution in [0.3, 0.4) is 0 Å². The van der Waals surface area contributed by atoms with Gasteiger partial charge in [0.15, 0.2) is 5.78 Å². The number of carbonyl (C=O) groups is 2. The number of hydrogen-bond acceptors (Lipinski definition) is 3. The van der Waals surface area contributed by atoms with Crippen LogP contribution in [0, 0.1) is 0 Å². The summed E-state index contributed by atoms with van der Waals surface area (Å²) >= 11 is 0. The molecule has 2 aromatic carbocycles. The predicted octanol–water partition coefficient (Wildman–Crippen LogP) is 4.12. The molecule has 25 heavy (non-hydrogen) atoms. The fourth-order valence-corrected chi connectivity index (χ4v) is 2.15. The van der Waals surface area contributed by atoms with Gasteiger partial charge in [-0.1, -0.05) is 60.7 Å². The van der Waals surface area contributed by atoms with E-state index in [1.807, 2.05) is 5.32 Å². The molecule has 0 saturated heterocycles. The van der Waals surface area contributed by atoms with E-state index in [9.17, 15) is 22.8 Å². The van der Waals surface area contributed by atoms with Gasteiger partial charge in [-0.05, 0) is 5.56 Å². The summed E-state index contributed by atoms with van der Waals surface area (Å²) in [5, 5.41) is 2.01. The number of nitrogens with one attached hydrogen (secondary N) is 1. The fourth-order valence-electron chi connectivity index (χ4n) is 2.15. The van der Waals surface area contributed by atoms with Crippen LogP contribution < -0.4 is 5.32 Å². The van der Waals surface area contributed by atoms with Crippen molar-refractivity contribution in [3.63, 3.8) is 0 Å². The van der Waals surface area contributed by atoms with Crippen LogP contribution in [-0.4, -0.2) is 24.1 Å². The molecule has 7 heteroatoms. The molecule has 0 spiro atoms. The van der Waals surface area contributed by atoms with Crippen molar-refractivity contribution >= 4 is 11.9 Å². The summed E-state index contributed by atoms with van der Waals surface area (Å²) in [5.74, 6) is -0.824. The monoisotopic (exact) mass is 351 g/mol. The van der Waals surface area contributed by atoms with Crippen molar-refractivity contribution in [2.45, 2.75) is 25.2 Å². The first-order valence-corrected chi connectivity index (χ1v) is 7.48. The molecule has 4 nitrogen and oxygen atoms in total. The SMILES string of the molecule is O=C(NC(CC(F)(F)F)C(=O)c1ccccc1)OCc1ccccc1. The first-order valence-electron chi connectivity index (χ1n) is 7.48. The zero-order valence-corrected chi connectivity index (χ0v) is 13.1. The van der Waals surface area contributed by atoms with E-state index in [0.29, 0.717) is 5.56 Å². The van der Waals surface area contributed by atoms with Gasteiger partial charge in [0.1, 0.15) is 12.6 Å². The number of amides is 1. The van der Waals surface area contributed by atoms with Crippen LogP contribution in [0.2, 0.25) is 0 Å². The van der Waals surface area contributed by atoms with Gasteiger partial charge < -0.3 is 10.1 Å². The van der Waals surface area contributed by atoms with Gasteiger partial charge in [-0.2, -0.15) is 13.2 Å². The van der Waals surface area contributed by atoms with Gasteiger partial charge in [0.05, 0.1) is 6.42 Å². The molecule has 132 valence electrons. The van der Waals surface area contributed by atoms with E-state index in [1.54, 1.807) is 36.4 Å². The fraction of sp³-hybridized carbons (Fsp3) is 0.222. The largest absolute Gasteiger partial charge is 0.445 e. The Kier molecular flexibility index (Phi) is 6.16. The third-order valence-electron chi connectivity index (χ3n) is 3.32. The quantitative estimate of drug-likeness (QED) is 0.797. The highest BCUT2D eigenvalue weighted by Gasteiger charge is 2.36. The number of ether oxygens (including phenoxy) is 1. The van der Waals surface area contributed by atoms with Crippen molar-refractivity contribution in [1.29, 1.82) is 0 Å². The summed E-state index contributed by atoms with van der Waals surface area (Å²) in [6, 6.07) is 14.4. The van der Waals surface area contributed by atoms with Crippen molar-refractivity contribution in [3.8, 4) is 0 Å². The zero-order chi connectivity index (χ0) is 18.3. The van der Waals surface area contributed by atoms with E-state index in [1.165, 1.54) is 24.3 Å². The third kappa shape index (κ3) is 6.29. The minimum absolute atomic E-state index is 0.0834. The molecule has 1 N–H and O–H groups in total. The molecule has 0 aliphatic rings. The first kappa shape index (κ1) is 18.5. The smallest absolute Gasteiger partial charge is 0.408 e. The Bertz CT molecular complexity index is 703. The molecule has 0 aromatic heterocycles. The van der Waals surface area contributed by atoms with E-state index in [4.69, 9.17) is 4.74 Å². The summed E-state index contributed by atoms with van der Waals surface area (Å²) in [6.07, 6.45) is -7.16. The summed E-state index contributed by atoms with van der Waals surface area (Å²) in [4.78, 5) is 24.1. The number of Topliss-reactive ketones (excluding diaryl/α,β-unsaturated/α-hetero) is 1. The Morgan fingerprint density at radius 3 is 2.08 bits per heavy atom. The van der Waals surface area contributed by atoms with E-state index < -0.39 is 30.5 Å². The maximum atomic E-state index is 12.7. The topological polar surface area (TPSA) is 55.4 Å². The van der Waals surface area contributed by atoms with Crippen molar-refractivity contribution in [2.75, 3.05) is 0 Å². The van der Waals surface area contributed by atoms with Gasteiger partial charge >= 0.3 is 12.3 Å². The lowest BCUT2D eigenvalue weighted by Gasteiger charge is -2.19. The molecule has 0 heterocycles. The number of halogens is 3. The lowest BCUT2D eigenvalue weighted by Crippen LogP contribution is -2.43. The van der Waals surface area contributed by atoms with E-state index in [2.05, 4.69) is 0 Å². The van der Waals surface area contributed by atoms with E-state index in [-0.39, 0.29) is 12.2 Å². The number of carbonyl (C=O) groups excluding carboxylic acids is 2. The Morgan fingerprint density at radius 1 is 0.960 bits per heavy atom. The molecule has 0 aliphatic carbocycles. The zero-order valence-electron chi connectivity index (χ0n) is 13.1. The molecule has 0 radical (unpaired) electrons. The molecule has 0 aliphatic heterocycles. The number of benzene rings is 2. The van der Waals surface area contributed by atoms with Crippen LogP contribution in [0.5, 0.6) is 0 Å². The number of alkyl carbamates (subject to hydrolysis) is 1. The van der Waals surface area contributed by atoms with Crippen LogP contribution in [0.15, 0.2) is 60.7 Å². The molecule has 0 saturated carbocycles. The van der Waals surface area contributed by atoms with Crippen molar-refractivity contribution in [1.82, 2.24) is 5.32 Å². The maximum Gasteiger partial charge on any atom is 0.408 e. The molecule has 0 fully saturated rings. The molecule has 1 amide bonds. The van der Waals surface area contributed by atoms with E-state index in [0.717, 1.165) is 0 Å². The summed E-state index contributed by atoms with van der Waals surface area (Å²) in [7, 11) is 0. The van der Waals surface area contributed by atoms with Crippen molar-refractivity contribution in [2.24, 2.45) is 0 Å². The lowest BCUT2D eigenvalue weighted by molar-refractivity contribution is -0.137. The highest BCUT2D eigenvalue weighted by Crippen LogP contribution is 2.23. The van der Waals surface area contributed by atoms with Gasteiger partial charge in [0.25, 0.3) is 0 Å². The van der Waals surface area contributed by atoms with Crippen molar-refractivity contribution < 1.29 is 27.5 Å². The minimum atomic E-state index is -4.61. The van der Waals surface area contributed by atoms with Gasteiger partial charge in [0, 0.05) is 5.56 Å². The molecular formula is C18H16F3NO3. The number of hydrogen-bond donors (Lipinski definition) is 1. The highest BCUT2D eigenvalue weighted by atomic mass is 19.4. The number of ketones is 1. The average Bonchev–Trinajstić information content (AvgIpc) is 2.59. The Balaban J connectivity index is 2.02. The lowest BCUT2D eigenvalue weighted by atomic mass is 10.0. The number of rotatable bonds is 6. The normalized spacial score (nSPS) is 12.3. The molecule has 1 atom stereocenters. The highest BCUT2D eigenvalue weighted by molar-refractivity contribution is 6.01. The standard InChI is InChI=1S/C18H16F3NO3/c19-18(20,21)11-15(16(23)14-9-5-2-6-10-14)22-17(24)25-12-13-7-3-1-4-8-13/h1-10,15H,11-12H2,(H,22,24). The second kappa shape index (κ2) is 8.32.